The second-order valence-corrected chi connectivity index (χ2v) is 7.28. The molecule has 2 nitrogen and oxygen atoms in total. The van der Waals surface area contributed by atoms with Crippen LogP contribution in [-0.4, -0.2) is 24.7 Å². The fraction of sp³-hybridized carbons (Fsp3) is 1.00. The monoisotopic (exact) mass is 250 g/mol. The number of rotatable bonds is 3. The minimum atomic E-state index is 0.575. The van der Waals surface area contributed by atoms with E-state index in [0.29, 0.717) is 5.54 Å². The normalized spacial score (nSPS) is 39.5. The molecule has 2 saturated carbocycles. The average molecular weight is 250 g/mol. The first kappa shape index (κ1) is 12.9. The predicted octanol–water partition coefficient (Wildman–Crippen LogP) is 3.08. The van der Waals surface area contributed by atoms with Crippen molar-refractivity contribution in [3.05, 3.63) is 0 Å². The van der Waals surface area contributed by atoms with Crippen molar-refractivity contribution in [1.82, 2.24) is 10.6 Å². The zero-order valence-electron chi connectivity index (χ0n) is 12.0. The molecule has 1 spiro atoms. The Morgan fingerprint density at radius 3 is 2.56 bits per heavy atom. The molecule has 3 aliphatic rings. The van der Waals surface area contributed by atoms with E-state index in [2.05, 4.69) is 17.6 Å². The molecule has 18 heavy (non-hydrogen) atoms. The van der Waals surface area contributed by atoms with Gasteiger partial charge in [0, 0.05) is 11.6 Å². The summed E-state index contributed by atoms with van der Waals surface area (Å²) in [6, 6.07) is 0.827. The van der Waals surface area contributed by atoms with E-state index in [4.69, 9.17) is 0 Å². The second-order valence-electron chi connectivity index (χ2n) is 7.28. The lowest BCUT2D eigenvalue weighted by Gasteiger charge is -2.48. The SMILES string of the molecule is CC1CCC(NCC2CCNC3(CCC3)C2)CC1. The molecule has 2 aliphatic carbocycles. The van der Waals surface area contributed by atoms with Crippen LogP contribution in [0.15, 0.2) is 0 Å². The standard InChI is InChI=1S/C16H30N2/c1-13-3-5-15(6-4-13)17-12-14-7-10-18-16(11-14)8-2-9-16/h13-15,17-18H,2-12H2,1H3. The molecule has 0 radical (unpaired) electrons. The van der Waals surface area contributed by atoms with Crippen LogP contribution >= 0.6 is 0 Å². The van der Waals surface area contributed by atoms with Crippen LogP contribution in [-0.2, 0) is 0 Å². The Morgan fingerprint density at radius 1 is 1.11 bits per heavy atom. The lowest BCUT2D eigenvalue weighted by atomic mass is 9.68. The Bertz CT molecular complexity index is 264. The van der Waals surface area contributed by atoms with Gasteiger partial charge >= 0.3 is 0 Å². The molecule has 1 saturated heterocycles. The summed E-state index contributed by atoms with van der Waals surface area (Å²) in [6.07, 6.45) is 12.8. The van der Waals surface area contributed by atoms with Gasteiger partial charge in [0.25, 0.3) is 0 Å². The summed E-state index contributed by atoms with van der Waals surface area (Å²) < 4.78 is 0. The number of nitrogens with one attached hydrogen (secondary N) is 2. The largest absolute Gasteiger partial charge is 0.314 e. The van der Waals surface area contributed by atoms with Gasteiger partial charge in [0.15, 0.2) is 0 Å². The molecule has 1 atom stereocenters. The summed E-state index contributed by atoms with van der Waals surface area (Å²) >= 11 is 0. The Hall–Kier alpha value is -0.0800. The molecule has 0 aromatic rings. The molecule has 104 valence electrons. The molecule has 0 bridgehead atoms. The molecule has 1 aliphatic heterocycles. The summed E-state index contributed by atoms with van der Waals surface area (Å²) in [5.41, 5.74) is 0.575. The van der Waals surface area contributed by atoms with Crippen molar-refractivity contribution in [3.8, 4) is 0 Å². The van der Waals surface area contributed by atoms with Gasteiger partial charge in [-0.3, -0.25) is 0 Å². The molecule has 2 heteroatoms. The second kappa shape index (κ2) is 5.50. The molecule has 3 fully saturated rings. The van der Waals surface area contributed by atoms with Gasteiger partial charge in [-0.05, 0) is 82.7 Å². The van der Waals surface area contributed by atoms with E-state index in [-0.39, 0.29) is 0 Å². The lowest BCUT2D eigenvalue weighted by Crippen LogP contribution is -2.56. The van der Waals surface area contributed by atoms with E-state index in [0.717, 1.165) is 17.9 Å². The topological polar surface area (TPSA) is 24.1 Å². The molecule has 1 unspecified atom stereocenters. The van der Waals surface area contributed by atoms with Crippen LogP contribution in [0.2, 0.25) is 0 Å². The van der Waals surface area contributed by atoms with Crippen molar-refractivity contribution in [2.45, 2.75) is 76.3 Å². The molecule has 2 N–H and O–H groups in total. The molecular formula is C16H30N2. The van der Waals surface area contributed by atoms with Crippen LogP contribution in [0.25, 0.3) is 0 Å². The summed E-state index contributed by atoms with van der Waals surface area (Å²) in [5.74, 6) is 1.91. The third kappa shape index (κ3) is 2.91. The maximum absolute atomic E-state index is 3.87. The van der Waals surface area contributed by atoms with E-state index in [1.165, 1.54) is 70.9 Å². The Labute approximate surface area is 112 Å². The van der Waals surface area contributed by atoms with Crippen molar-refractivity contribution in [1.29, 1.82) is 0 Å². The van der Waals surface area contributed by atoms with Crippen LogP contribution in [0.1, 0.15) is 64.7 Å². The highest BCUT2D eigenvalue weighted by Crippen LogP contribution is 2.40. The smallest absolute Gasteiger partial charge is 0.0184 e. The first-order valence-electron chi connectivity index (χ1n) is 8.24. The zero-order valence-corrected chi connectivity index (χ0v) is 12.0. The van der Waals surface area contributed by atoms with Gasteiger partial charge < -0.3 is 10.6 Å². The number of hydrogen-bond donors (Lipinski definition) is 2. The molecule has 0 aromatic carbocycles. The average Bonchev–Trinajstić information content (AvgIpc) is 2.37. The third-order valence-electron chi connectivity index (χ3n) is 5.75. The van der Waals surface area contributed by atoms with Crippen molar-refractivity contribution in [2.24, 2.45) is 11.8 Å². The fourth-order valence-corrected chi connectivity index (χ4v) is 4.22. The quantitative estimate of drug-likeness (QED) is 0.804. The van der Waals surface area contributed by atoms with E-state index in [1.807, 2.05) is 0 Å². The Morgan fingerprint density at radius 2 is 1.89 bits per heavy atom. The van der Waals surface area contributed by atoms with Gasteiger partial charge in [-0.25, -0.2) is 0 Å². The number of piperidine rings is 1. The summed E-state index contributed by atoms with van der Waals surface area (Å²) in [5, 5.41) is 7.65. The highest BCUT2D eigenvalue weighted by atomic mass is 15.0. The van der Waals surface area contributed by atoms with E-state index >= 15 is 0 Å². The van der Waals surface area contributed by atoms with Gasteiger partial charge in [-0.15, -0.1) is 0 Å². The van der Waals surface area contributed by atoms with Crippen LogP contribution in [0.5, 0.6) is 0 Å². The van der Waals surface area contributed by atoms with E-state index in [9.17, 15) is 0 Å². The van der Waals surface area contributed by atoms with Gasteiger partial charge in [0.1, 0.15) is 0 Å². The van der Waals surface area contributed by atoms with E-state index in [1.54, 1.807) is 0 Å². The first-order chi connectivity index (χ1) is 8.76. The maximum Gasteiger partial charge on any atom is 0.0184 e. The van der Waals surface area contributed by atoms with E-state index < -0.39 is 0 Å². The minimum Gasteiger partial charge on any atom is -0.314 e. The van der Waals surface area contributed by atoms with Crippen LogP contribution in [0, 0.1) is 11.8 Å². The highest BCUT2D eigenvalue weighted by molar-refractivity contribution is 5.00. The summed E-state index contributed by atoms with van der Waals surface area (Å²) in [4.78, 5) is 0. The summed E-state index contributed by atoms with van der Waals surface area (Å²) in [6.45, 7) is 4.94. The Balaban J connectivity index is 1.40. The fourth-order valence-electron chi connectivity index (χ4n) is 4.22. The van der Waals surface area contributed by atoms with Crippen molar-refractivity contribution in [2.75, 3.05) is 13.1 Å². The highest BCUT2D eigenvalue weighted by Gasteiger charge is 2.40. The number of hydrogen-bond acceptors (Lipinski definition) is 2. The van der Waals surface area contributed by atoms with Gasteiger partial charge in [-0.2, -0.15) is 0 Å². The van der Waals surface area contributed by atoms with Crippen molar-refractivity contribution in [3.63, 3.8) is 0 Å². The maximum atomic E-state index is 3.87. The van der Waals surface area contributed by atoms with Crippen molar-refractivity contribution >= 4 is 0 Å². The molecule has 0 aromatic heterocycles. The van der Waals surface area contributed by atoms with Gasteiger partial charge in [0.2, 0.25) is 0 Å². The van der Waals surface area contributed by atoms with Gasteiger partial charge in [0.05, 0.1) is 0 Å². The van der Waals surface area contributed by atoms with Gasteiger partial charge in [-0.1, -0.05) is 6.92 Å². The van der Waals surface area contributed by atoms with Crippen molar-refractivity contribution < 1.29 is 0 Å². The minimum absolute atomic E-state index is 0.575. The Kier molecular flexibility index (Phi) is 3.95. The van der Waals surface area contributed by atoms with Crippen LogP contribution < -0.4 is 10.6 Å². The first-order valence-corrected chi connectivity index (χ1v) is 8.24. The zero-order chi connectivity index (χ0) is 12.4. The predicted molar refractivity (Wildman–Crippen MR) is 76.7 cm³/mol. The lowest BCUT2D eigenvalue weighted by molar-refractivity contribution is 0.103. The third-order valence-corrected chi connectivity index (χ3v) is 5.75. The molecule has 1 heterocycles. The van der Waals surface area contributed by atoms with Crippen LogP contribution in [0.4, 0.5) is 0 Å². The molecular weight excluding hydrogens is 220 g/mol. The molecule has 3 rings (SSSR count). The van der Waals surface area contributed by atoms with Crippen LogP contribution in [0.3, 0.4) is 0 Å². The molecule has 0 amide bonds. The summed E-state index contributed by atoms with van der Waals surface area (Å²) in [7, 11) is 0.